The minimum absolute atomic E-state index is 0.0803. The van der Waals surface area contributed by atoms with E-state index in [9.17, 15) is 9.59 Å². The van der Waals surface area contributed by atoms with Crippen LogP contribution in [0.3, 0.4) is 0 Å². The van der Waals surface area contributed by atoms with Crippen molar-refractivity contribution in [2.24, 2.45) is 0 Å². The van der Waals surface area contributed by atoms with Crippen molar-refractivity contribution in [1.82, 2.24) is 5.32 Å². The number of hydrogen-bond donors (Lipinski definition) is 1. The zero-order valence-corrected chi connectivity index (χ0v) is 19.8. The van der Waals surface area contributed by atoms with Crippen LogP contribution in [0.2, 0.25) is 5.02 Å². The van der Waals surface area contributed by atoms with Gasteiger partial charge in [0.2, 0.25) is 11.8 Å². The van der Waals surface area contributed by atoms with Crippen LogP contribution >= 0.6 is 23.2 Å². The third kappa shape index (κ3) is 5.67. The Hall–Kier alpha value is -2.44. The second-order valence-electron chi connectivity index (χ2n) is 7.73. The summed E-state index contributed by atoms with van der Waals surface area (Å²) in [5.74, 6) is -0.0223. The molecular weight excluding hydrogens is 451 g/mol. The number of carbonyl (C=O) groups excluding carboxylic acids is 2. The summed E-state index contributed by atoms with van der Waals surface area (Å²) >= 11 is 12.1. The monoisotopic (exact) mass is 478 g/mol. The normalized spacial score (nSPS) is 15.0. The van der Waals surface area contributed by atoms with Gasteiger partial charge in [-0.05, 0) is 42.7 Å². The zero-order chi connectivity index (χ0) is 23.1. The Balaban J connectivity index is 2.08. The lowest BCUT2D eigenvalue weighted by molar-refractivity contribution is -0.126. The van der Waals surface area contributed by atoms with Crippen molar-refractivity contribution < 1.29 is 19.1 Å². The van der Waals surface area contributed by atoms with Crippen LogP contribution in [-0.4, -0.2) is 38.0 Å². The Morgan fingerprint density at radius 3 is 2.34 bits per heavy atom. The predicted molar refractivity (Wildman–Crippen MR) is 127 cm³/mol. The van der Waals surface area contributed by atoms with Gasteiger partial charge in [0, 0.05) is 17.1 Å². The van der Waals surface area contributed by atoms with Crippen molar-refractivity contribution in [2.75, 3.05) is 25.0 Å². The second kappa shape index (κ2) is 11.4. The van der Waals surface area contributed by atoms with Gasteiger partial charge in [-0.15, -0.1) is 11.6 Å². The summed E-state index contributed by atoms with van der Waals surface area (Å²) < 4.78 is 10.8. The maximum atomic E-state index is 13.6. The molecule has 0 aliphatic heterocycles. The van der Waals surface area contributed by atoms with E-state index in [0.717, 1.165) is 25.7 Å². The first-order chi connectivity index (χ1) is 15.5. The second-order valence-corrected chi connectivity index (χ2v) is 8.44. The number of nitrogens with one attached hydrogen (secondary N) is 1. The van der Waals surface area contributed by atoms with Crippen molar-refractivity contribution >= 4 is 40.7 Å². The van der Waals surface area contributed by atoms with Crippen molar-refractivity contribution in [3.63, 3.8) is 0 Å². The smallest absolute Gasteiger partial charge is 0.248 e. The molecule has 0 aromatic heterocycles. The number of amides is 2. The highest BCUT2D eigenvalue weighted by Gasteiger charge is 2.35. The lowest BCUT2D eigenvalue weighted by Crippen LogP contribution is -2.47. The highest BCUT2D eigenvalue weighted by molar-refractivity contribution is 6.30. The van der Waals surface area contributed by atoms with Gasteiger partial charge in [0.15, 0.2) is 0 Å². The summed E-state index contributed by atoms with van der Waals surface area (Å²) in [6, 6.07) is 11.1. The number of benzene rings is 2. The lowest BCUT2D eigenvalue weighted by atomic mass is 9.94. The zero-order valence-electron chi connectivity index (χ0n) is 18.3. The van der Waals surface area contributed by atoms with Crippen molar-refractivity contribution in [3.8, 4) is 11.5 Å². The first-order valence-electron chi connectivity index (χ1n) is 10.6. The van der Waals surface area contributed by atoms with Gasteiger partial charge in [0.05, 0.1) is 19.9 Å². The van der Waals surface area contributed by atoms with E-state index < -0.39 is 11.9 Å². The molecule has 2 aromatic carbocycles. The van der Waals surface area contributed by atoms with Crippen LogP contribution in [0.5, 0.6) is 11.5 Å². The maximum Gasteiger partial charge on any atom is 0.248 e. The minimum Gasteiger partial charge on any atom is -0.497 e. The molecule has 1 saturated carbocycles. The summed E-state index contributed by atoms with van der Waals surface area (Å²) in [6.07, 6.45) is 5.18. The van der Waals surface area contributed by atoms with Gasteiger partial charge < -0.3 is 14.8 Å². The van der Waals surface area contributed by atoms with Gasteiger partial charge in [0.25, 0.3) is 0 Å². The molecule has 2 aromatic rings. The van der Waals surface area contributed by atoms with E-state index in [1.165, 1.54) is 18.4 Å². The molecule has 172 valence electrons. The fraction of sp³-hybridized carbons (Fsp3) is 0.417. The SMILES string of the molecule is COc1ccc(N(C(=O)CCl)C(C(=O)NC2CCCCC2)c2ccc(Cl)cc2)c(OC)c1. The molecule has 0 heterocycles. The van der Waals surface area contributed by atoms with Crippen LogP contribution in [0.15, 0.2) is 42.5 Å². The maximum absolute atomic E-state index is 13.6. The summed E-state index contributed by atoms with van der Waals surface area (Å²) in [7, 11) is 3.05. The standard InChI is InChI=1S/C24H28Cl2N2O4/c1-31-19-12-13-20(21(14-19)32-2)28(22(29)15-25)23(16-8-10-17(26)11-9-16)24(30)27-18-6-4-3-5-7-18/h8-14,18,23H,3-7,15H2,1-2H3,(H,27,30). The number of anilines is 1. The molecule has 0 bridgehead atoms. The van der Waals surface area contributed by atoms with Gasteiger partial charge in [-0.3, -0.25) is 14.5 Å². The van der Waals surface area contributed by atoms with Crippen LogP contribution in [0.25, 0.3) is 0 Å². The Bertz CT molecular complexity index is 930. The first-order valence-corrected chi connectivity index (χ1v) is 11.6. The highest BCUT2D eigenvalue weighted by atomic mass is 35.5. The molecular formula is C24H28Cl2N2O4. The minimum atomic E-state index is -0.942. The molecule has 1 aliphatic carbocycles. The van der Waals surface area contributed by atoms with Gasteiger partial charge in [0.1, 0.15) is 23.4 Å². The number of carbonyl (C=O) groups is 2. The molecule has 1 atom stereocenters. The number of rotatable bonds is 8. The van der Waals surface area contributed by atoms with Crippen LogP contribution in [0, 0.1) is 0 Å². The van der Waals surface area contributed by atoms with E-state index in [1.807, 2.05) is 0 Å². The molecule has 1 unspecified atom stereocenters. The Kier molecular flexibility index (Phi) is 8.65. The summed E-state index contributed by atoms with van der Waals surface area (Å²) in [5.41, 5.74) is 1.05. The topological polar surface area (TPSA) is 67.9 Å². The molecule has 1 N–H and O–H groups in total. The molecule has 0 saturated heterocycles. The van der Waals surface area contributed by atoms with Crippen LogP contribution in [-0.2, 0) is 9.59 Å². The number of nitrogens with zero attached hydrogens (tertiary/aromatic N) is 1. The first kappa shape index (κ1) is 24.2. The summed E-state index contributed by atoms with van der Waals surface area (Å²) in [6.45, 7) is 0. The van der Waals surface area contributed by atoms with Crippen molar-refractivity contribution in [2.45, 2.75) is 44.2 Å². The molecule has 1 fully saturated rings. The molecule has 1 aliphatic rings. The van der Waals surface area contributed by atoms with E-state index in [2.05, 4.69) is 5.32 Å². The van der Waals surface area contributed by atoms with Crippen LogP contribution < -0.4 is 19.7 Å². The molecule has 8 heteroatoms. The van der Waals surface area contributed by atoms with E-state index in [1.54, 1.807) is 49.6 Å². The van der Waals surface area contributed by atoms with Crippen molar-refractivity contribution in [1.29, 1.82) is 0 Å². The van der Waals surface area contributed by atoms with E-state index in [0.29, 0.717) is 27.8 Å². The molecule has 2 amide bonds. The molecule has 0 radical (unpaired) electrons. The van der Waals surface area contributed by atoms with Crippen LogP contribution in [0.1, 0.15) is 43.7 Å². The fourth-order valence-corrected chi connectivity index (χ4v) is 4.31. The summed E-state index contributed by atoms with van der Waals surface area (Å²) in [4.78, 5) is 28.1. The summed E-state index contributed by atoms with van der Waals surface area (Å²) in [5, 5.41) is 3.69. The predicted octanol–water partition coefficient (Wildman–Crippen LogP) is 5.12. The molecule has 6 nitrogen and oxygen atoms in total. The van der Waals surface area contributed by atoms with Gasteiger partial charge in [-0.25, -0.2) is 0 Å². The van der Waals surface area contributed by atoms with Gasteiger partial charge >= 0.3 is 0 Å². The Morgan fingerprint density at radius 2 is 1.75 bits per heavy atom. The van der Waals surface area contributed by atoms with E-state index in [4.69, 9.17) is 32.7 Å². The van der Waals surface area contributed by atoms with E-state index in [-0.39, 0.29) is 17.8 Å². The molecule has 3 rings (SSSR count). The number of alkyl halides is 1. The average molecular weight is 479 g/mol. The molecule has 0 spiro atoms. The van der Waals surface area contributed by atoms with Gasteiger partial charge in [-0.2, -0.15) is 0 Å². The van der Waals surface area contributed by atoms with Crippen LogP contribution in [0.4, 0.5) is 5.69 Å². The largest absolute Gasteiger partial charge is 0.497 e. The lowest BCUT2D eigenvalue weighted by Gasteiger charge is -2.34. The highest BCUT2D eigenvalue weighted by Crippen LogP contribution is 2.38. The fourth-order valence-electron chi connectivity index (χ4n) is 4.06. The average Bonchev–Trinajstić information content (AvgIpc) is 2.83. The quantitative estimate of drug-likeness (QED) is 0.534. The number of ether oxygens (including phenoxy) is 2. The third-order valence-electron chi connectivity index (χ3n) is 5.67. The Labute approximate surface area is 198 Å². The van der Waals surface area contributed by atoms with Crippen molar-refractivity contribution in [3.05, 3.63) is 53.1 Å². The Morgan fingerprint density at radius 1 is 1.06 bits per heavy atom. The number of hydrogen-bond acceptors (Lipinski definition) is 4. The van der Waals surface area contributed by atoms with Gasteiger partial charge in [-0.1, -0.05) is 43.0 Å². The number of halogens is 2. The van der Waals surface area contributed by atoms with E-state index >= 15 is 0 Å². The molecule has 32 heavy (non-hydrogen) atoms. The number of methoxy groups -OCH3 is 2. The third-order valence-corrected chi connectivity index (χ3v) is 6.15.